The standard InChI is InChI=1S/C17H17NO3/c1-2-11-9-15(19)18(10-11)14-8-4-6-12-5-3-7-13(16(12)14)17(20)21/h3-8,11H,2,9-10H2,1H3,(H,20,21). The lowest BCUT2D eigenvalue weighted by Crippen LogP contribution is -2.25. The number of carboxylic acid groups (broad SMARTS) is 1. The minimum Gasteiger partial charge on any atom is -0.478 e. The molecule has 1 N–H and O–H groups in total. The van der Waals surface area contributed by atoms with E-state index < -0.39 is 5.97 Å². The summed E-state index contributed by atoms with van der Waals surface area (Å²) in [5, 5.41) is 10.9. The molecule has 4 heteroatoms. The van der Waals surface area contributed by atoms with Gasteiger partial charge in [-0.1, -0.05) is 37.6 Å². The van der Waals surface area contributed by atoms with Crippen LogP contribution < -0.4 is 4.90 Å². The fraction of sp³-hybridized carbons (Fsp3) is 0.294. The molecule has 1 fully saturated rings. The van der Waals surface area contributed by atoms with Gasteiger partial charge in [-0.15, -0.1) is 0 Å². The first kappa shape index (κ1) is 13.6. The van der Waals surface area contributed by atoms with Gasteiger partial charge >= 0.3 is 5.97 Å². The number of carbonyl (C=O) groups excluding carboxylic acids is 1. The fourth-order valence-corrected chi connectivity index (χ4v) is 3.01. The molecule has 0 bridgehead atoms. The number of fused-ring (bicyclic) bond motifs is 1. The summed E-state index contributed by atoms with van der Waals surface area (Å²) in [4.78, 5) is 25.5. The van der Waals surface area contributed by atoms with E-state index in [1.807, 2.05) is 24.3 Å². The van der Waals surface area contributed by atoms with Crippen molar-refractivity contribution in [1.29, 1.82) is 0 Å². The van der Waals surface area contributed by atoms with Gasteiger partial charge in [0.25, 0.3) is 0 Å². The van der Waals surface area contributed by atoms with Crippen molar-refractivity contribution < 1.29 is 14.7 Å². The first-order valence-electron chi connectivity index (χ1n) is 7.17. The highest BCUT2D eigenvalue weighted by Gasteiger charge is 2.31. The molecule has 0 spiro atoms. The molecule has 0 saturated carbocycles. The van der Waals surface area contributed by atoms with E-state index in [-0.39, 0.29) is 11.5 Å². The van der Waals surface area contributed by atoms with Gasteiger partial charge in [-0.3, -0.25) is 4.79 Å². The highest BCUT2D eigenvalue weighted by atomic mass is 16.4. The summed E-state index contributed by atoms with van der Waals surface area (Å²) in [5.74, 6) is -0.536. The third kappa shape index (κ3) is 2.27. The number of carboxylic acids is 1. The second kappa shape index (κ2) is 5.20. The van der Waals surface area contributed by atoms with E-state index in [4.69, 9.17) is 0 Å². The third-order valence-electron chi connectivity index (χ3n) is 4.19. The molecule has 1 aliphatic heterocycles. The van der Waals surface area contributed by atoms with Crippen LogP contribution in [-0.4, -0.2) is 23.5 Å². The largest absolute Gasteiger partial charge is 0.478 e. The molecule has 4 nitrogen and oxygen atoms in total. The summed E-state index contributed by atoms with van der Waals surface area (Å²) in [6.07, 6.45) is 1.50. The average molecular weight is 283 g/mol. The molecule has 3 rings (SSSR count). The Bertz CT molecular complexity index is 718. The minimum absolute atomic E-state index is 0.0783. The number of rotatable bonds is 3. The molecule has 2 aromatic carbocycles. The molecule has 1 amide bonds. The number of aromatic carboxylic acids is 1. The Morgan fingerprint density at radius 2 is 2.00 bits per heavy atom. The van der Waals surface area contributed by atoms with Crippen LogP contribution in [0.1, 0.15) is 30.1 Å². The Balaban J connectivity index is 2.19. The molecule has 1 saturated heterocycles. The van der Waals surface area contributed by atoms with Gasteiger partial charge in [0.1, 0.15) is 0 Å². The zero-order valence-electron chi connectivity index (χ0n) is 11.9. The molecular weight excluding hydrogens is 266 g/mol. The Hall–Kier alpha value is -2.36. The molecule has 2 aromatic rings. The van der Waals surface area contributed by atoms with Gasteiger partial charge in [0.15, 0.2) is 0 Å². The lowest BCUT2D eigenvalue weighted by Gasteiger charge is -2.20. The monoisotopic (exact) mass is 283 g/mol. The van der Waals surface area contributed by atoms with E-state index in [0.717, 1.165) is 11.8 Å². The van der Waals surface area contributed by atoms with Crippen molar-refractivity contribution >= 4 is 28.3 Å². The fourth-order valence-electron chi connectivity index (χ4n) is 3.01. The number of anilines is 1. The molecule has 1 heterocycles. The predicted octanol–water partition coefficient (Wildman–Crippen LogP) is 3.30. The molecule has 0 aromatic heterocycles. The molecule has 1 unspecified atom stereocenters. The van der Waals surface area contributed by atoms with Crippen LogP contribution in [0.15, 0.2) is 36.4 Å². The molecule has 0 aliphatic carbocycles. The zero-order chi connectivity index (χ0) is 15.0. The van der Waals surface area contributed by atoms with Gasteiger partial charge in [0, 0.05) is 18.4 Å². The van der Waals surface area contributed by atoms with Gasteiger partial charge in [-0.25, -0.2) is 4.79 Å². The van der Waals surface area contributed by atoms with Crippen molar-refractivity contribution in [2.24, 2.45) is 5.92 Å². The zero-order valence-corrected chi connectivity index (χ0v) is 11.9. The Kier molecular flexibility index (Phi) is 3.37. The highest BCUT2D eigenvalue weighted by Crippen LogP contribution is 2.34. The number of hydrogen-bond acceptors (Lipinski definition) is 2. The molecule has 1 atom stereocenters. The lowest BCUT2D eigenvalue weighted by molar-refractivity contribution is -0.117. The Labute approximate surface area is 123 Å². The van der Waals surface area contributed by atoms with Crippen LogP contribution in [0.4, 0.5) is 5.69 Å². The van der Waals surface area contributed by atoms with Crippen molar-refractivity contribution in [2.45, 2.75) is 19.8 Å². The molecule has 21 heavy (non-hydrogen) atoms. The predicted molar refractivity (Wildman–Crippen MR) is 81.7 cm³/mol. The summed E-state index contributed by atoms with van der Waals surface area (Å²) in [6.45, 7) is 2.75. The van der Waals surface area contributed by atoms with E-state index in [2.05, 4.69) is 6.92 Å². The average Bonchev–Trinajstić information content (AvgIpc) is 2.87. The Morgan fingerprint density at radius 1 is 1.29 bits per heavy atom. The van der Waals surface area contributed by atoms with E-state index in [0.29, 0.717) is 30.0 Å². The Morgan fingerprint density at radius 3 is 2.62 bits per heavy atom. The van der Waals surface area contributed by atoms with Crippen LogP contribution in [0.3, 0.4) is 0 Å². The topological polar surface area (TPSA) is 57.6 Å². The van der Waals surface area contributed by atoms with E-state index in [1.54, 1.807) is 17.0 Å². The first-order valence-corrected chi connectivity index (χ1v) is 7.17. The second-order valence-electron chi connectivity index (χ2n) is 5.47. The molecule has 108 valence electrons. The number of carbonyl (C=O) groups is 2. The highest BCUT2D eigenvalue weighted by molar-refractivity contribution is 6.13. The van der Waals surface area contributed by atoms with Crippen LogP contribution >= 0.6 is 0 Å². The SMILES string of the molecule is CCC1CC(=O)N(c2cccc3cccc(C(=O)O)c23)C1. The van der Waals surface area contributed by atoms with Crippen LogP contribution in [0.2, 0.25) is 0 Å². The quantitative estimate of drug-likeness (QED) is 0.940. The van der Waals surface area contributed by atoms with Gasteiger partial charge in [-0.2, -0.15) is 0 Å². The molecular formula is C17H17NO3. The first-order chi connectivity index (χ1) is 10.1. The number of nitrogens with zero attached hydrogens (tertiary/aromatic N) is 1. The lowest BCUT2D eigenvalue weighted by atomic mass is 10.0. The summed E-state index contributed by atoms with van der Waals surface area (Å²) >= 11 is 0. The van der Waals surface area contributed by atoms with E-state index >= 15 is 0 Å². The van der Waals surface area contributed by atoms with Crippen LogP contribution in [0, 0.1) is 5.92 Å². The van der Waals surface area contributed by atoms with Crippen LogP contribution in [0.25, 0.3) is 10.8 Å². The van der Waals surface area contributed by atoms with Gasteiger partial charge < -0.3 is 10.0 Å². The van der Waals surface area contributed by atoms with E-state index in [1.165, 1.54) is 0 Å². The summed E-state index contributed by atoms with van der Waals surface area (Å²) in [6, 6.07) is 10.8. The van der Waals surface area contributed by atoms with Crippen molar-refractivity contribution in [1.82, 2.24) is 0 Å². The van der Waals surface area contributed by atoms with Crippen molar-refractivity contribution in [2.75, 3.05) is 11.4 Å². The summed E-state index contributed by atoms with van der Waals surface area (Å²) < 4.78 is 0. The van der Waals surface area contributed by atoms with Gasteiger partial charge in [0.2, 0.25) is 5.91 Å². The minimum atomic E-state index is -0.966. The summed E-state index contributed by atoms with van der Waals surface area (Å²) in [7, 11) is 0. The van der Waals surface area contributed by atoms with Gasteiger partial charge in [0.05, 0.1) is 11.3 Å². The van der Waals surface area contributed by atoms with Gasteiger partial charge in [-0.05, 0) is 23.4 Å². The second-order valence-corrected chi connectivity index (χ2v) is 5.47. The van der Waals surface area contributed by atoms with Crippen molar-refractivity contribution in [3.05, 3.63) is 42.0 Å². The maximum absolute atomic E-state index is 12.2. The normalized spacial score (nSPS) is 18.4. The maximum atomic E-state index is 12.2. The number of amides is 1. The van der Waals surface area contributed by atoms with E-state index in [9.17, 15) is 14.7 Å². The molecule has 0 radical (unpaired) electrons. The van der Waals surface area contributed by atoms with Crippen molar-refractivity contribution in [3.63, 3.8) is 0 Å². The third-order valence-corrected chi connectivity index (χ3v) is 4.19. The number of benzene rings is 2. The van der Waals surface area contributed by atoms with Crippen LogP contribution in [0.5, 0.6) is 0 Å². The van der Waals surface area contributed by atoms with Crippen LogP contribution in [-0.2, 0) is 4.79 Å². The molecule has 1 aliphatic rings. The van der Waals surface area contributed by atoms with Crippen molar-refractivity contribution in [3.8, 4) is 0 Å². The number of hydrogen-bond donors (Lipinski definition) is 1. The summed E-state index contributed by atoms with van der Waals surface area (Å²) in [5.41, 5.74) is 0.960. The smallest absolute Gasteiger partial charge is 0.336 e. The maximum Gasteiger partial charge on any atom is 0.336 e.